The van der Waals surface area contributed by atoms with Crippen molar-refractivity contribution in [3.8, 4) is 0 Å². The van der Waals surface area contributed by atoms with E-state index in [9.17, 15) is 27.0 Å². The largest absolute Gasteiger partial charge is 0.691 e. The molecule has 4 atom stereocenters. The molecule has 29 heavy (non-hydrogen) atoms. The van der Waals surface area contributed by atoms with E-state index >= 15 is 0 Å². The van der Waals surface area contributed by atoms with Gasteiger partial charge >= 0.3 is 0 Å². The first-order chi connectivity index (χ1) is 13.7. The van der Waals surface area contributed by atoms with Gasteiger partial charge in [0, 0.05) is 0 Å². The van der Waals surface area contributed by atoms with Crippen LogP contribution in [0.3, 0.4) is 0 Å². The van der Waals surface area contributed by atoms with Crippen LogP contribution in [0.25, 0.3) is 0 Å². The minimum Gasteiger partial charge on any atom is -0.691 e. The van der Waals surface area contributed by atoms with Crippen LogP contribution in [0.2, 0.25) is 0 Å². The standard InChI is InChI=1S/C18H24F4O5S2/c1-9(2)11-5-4-10(3)12(8-11)25-6-7-29(24)18-15(21)13(19)17(28-27-26-23)14(20)16(18)22/h9-12,23H,4-8H2,1-3H3/p-1/t10-,11-,12?,29?/m0/s1. The monoisotopic (exact) mass is 459 g/mol. The topological polar surface area (TPSA) is 67.8 Å². The van der Waals surface area contributed by atoms with Gasteiger partial charge in [-0.15, -0.1) is 0 Å². The Bertz CT molecular complexity index is 706. The molecule has 1 aromatic rings. The molecule has 0 aromatic heterocycles. The quantitative estimate of drug-likeness (QED) is 0.182. The fourth-order valence-electron chi connectivity index (χ4n) is 3.44. The Morgan fingerprint density at radius 3 is 2.31 bits per heavy atom. The minimum atomic E-state index is -2.37. The zero-order valence-corrected chi connectivity index (χ0v) is 17.8. The summed E-state index contributed by atoms with van der Waals surface area (Å²) in [6.45, 7) is 6.25. The Morgan fingerprint density at radius 2 is 1.76 bits per heavy atom. The number of hydrogen-bond donors (Lipinski definition) is 0. The smallest absolute Gasteiger partial charge is 0.179 e. The van der Waals surface area contributed by atoms with Crippen LogP contribution in [0.1, 0.15) is 40.0 Å². The first-order valence-corrected chi connectivity index (χ1v) is 11.2. The molecule has 11 heteroatoms. The molecule has 1 aliphatic rings. The zero-order chi connectivity index (χ0) is 21.7. The number of hydrogen-bond acceptors (Lipinski definition) is 6. The van der Waals surface area contributed by atoms with Gasteiger partial charge in [0.25, 0.3) is 0 Å². The summed E-state index contributed by atoms with van der Waals surface area (Å²) in [4.78, 5) is -2.46. The molecular weight excluding hydrogens is 436 g/mol. The van der Waals surface area contributed by atoms with Gasteiger partial charge in [0.2, 0.25) is 0 Å². The molecule has 1 fully saturated rings. The molecule has 1 aliphatic carbocycles. The molecule has 0 saturated heterocycles. The molecule has 166 valence electrons. The fourth-order valence-corrected chi connectivity index (χ4v) is 4.89. The molecule has 0 spiro atoms. The van der Waals surface area contributed by atoms with E-state index in [1.54, 1.807) is 0 Å². The third-order valence-electron chi connectivity index (χ3n) is 5.26. The van der Waals surface area contributed by atoms with Crippen LogP contribution in [0.15, 0.2) is 9.79 Å². The van der Waals surface area contributed by atoms with Crippen LogP contribution in [0.4, 0.5) is 17.6 Å². The summed E-state index contributed by atoms with van der Waals surface area (Å²) in [5.41, 5.74) is 0. The number of ether oxygens (including phenoxy) is 1. The molecule has 0 heterocycles. The third-order valence-corrected chi connectivity index (χ3v) is 7.26. The molecule has 1 aromatic carbocycles. The Balaban J connectivity index is 2.05. The second-order valence-corrected chi connectivity index (χ2v) is 9.61. The molecular formula is C18H23F4O5S2-. The molecule has 2 rings (SSSR count). The molecule has 0 aliphatic heterocycles. The number of rotatable bonds is 9. The molecule has 1 saturated carbocycles. The van der Waals surface area contributed by atoms with Crippen LogP contribution in [-0.2, 0) is 24.9 Å². The second-order valence-electron chi connectivity index (χ2n) is 7.39. The van der Waals surface area contributed by atoms with E-state index in [2.05, 4.69) is 23.2 Å². The molecule has 0 N–H and O–H groups in total. The van der Waals surface area contributed by atoms with Crippen molar-refractivity contribution in [2.24, 2.45) is 17.8 Å². The Labute approximate surface area is 173 Å². The van der Waals surface area contributed by atoms with E-state index in [4.69, 9.17) is 4.74 Å². The predicted octanol–water partition coefficient (Wildman–Crippen LogP) is 4.06. The van der Waals surface area contributed by atoms with Gasteiger partial charge in [0.05, 0.1) is 41.3 Å². The van der Waals surface area contributed by atoms with E-state index in [0.29, 0.717) is 17.8 Å². The van der Waals surface area contributed by atoms with Gasteiger partial charge in [-0.2, -0.15) is 4.33 Å². The molecule has 0 radical (unpaired) electrons. The van der Waals surface area contributed by atoms with Crippen LogP contribution >= 0.6 is 12.0 Å². The highest BCUT2D eigenvalue weighted by atomic mass is 32.2. The average molecular weight is 460 g/mol. The lowest BCUT2D eigenvalue weighted by Crippen LogP contribution is -2.33. The SMILES string of the molecule is CC(C)[C@H]1CC[C@H](C)C(OCCS(=O)c2c(F)c(F)c(SOO[O-])c(F)c2F)C1. The van der Waals surface area contributed by atoms with E-state index in [-0.39, 0.29) is 30.5 Å². The Hall–Kier alpha value is -0.720. The molecule has 0 bridgehead atoms. The van der Waals surface area contributed by atoms with E-state index in [1.807, 2.05) is 6.92 Å². The van der Waals surface area contributed by atoms with Gasteiger partial charge in [0.1, 0.15) is 9.79 Å². The highest BCUT2D eigenvalue weighted by molar-refractivity contribution is 7.94. The summed E-state index contributed by atoms with van der Waals surface area (Å²) < 4.78 is 78.1. The van der Waals surface area contributed by atoms with Crippen molar-refractivity contribution in [1.82, 2.24) is 0 Å². The van der Waals surface area contributed by atoms with Gasteiger partial charge in [-0.1, -0.05) is 20.8 Å². The van der Waals surface area contributed by atoms with Crippen LogP contribution < -0.4 is 5.26 Å². The van der Waals surface area contributed by atoms with Gasteiger partial charge in [-0.05, 0) is 37.0 Å². The maximum atomic E-state index is 14.2. The van der Waals surface area contributed by atoms with Gasteiger partial charge in [-0.25, -0.2) is 17.6 Å². The van der Waals surface area contributed by atoms with E-state index in [0.717, 1.165) is 19.3 Å². The van der Waals surface area contributed by atoms with Gasteiger partial charge in [0.15, 0.2) is 23.3 Å². The lowest BCUT2D eigenvalue weighted by molar-refractivity contribution is -0.777. The van der Waals surface area contributed by atoms with Crippen molar-refractivity contribution < 1.29 is 41.1 Å². The summed E-state index contributed by atoms with van der Waals surface area (Å²) >= 11 is -0.327. The third kappa shape index (κ3) is 5.92. The second kappa shape index (κ2) is 11.1. The fraction of sp³-hybridized carbons (Fsp3) is 0.667. The van der Waals surface area contributed by atoms with Crippen molar-refractivity contribution in [3.05, 3.63) is 23.3 Å². The summed E-state index contributed by atoms with van der Waals surface area (Å²) in [5.74, 6) is -6.30. The average Bonchev–Trinajstić information content (AvgIpc) is 2.68. The summed E-state index contributed by atoms with van der Waals surface area (Å²) in [5, 5.41) is 12.7. The molecule has 5 nitrogen and oxygen atoms in total. The van der Waals surface area contributed by atoms with E-state index < -0.39 is 43.9 Å². The zero-order valence-electron chi connectivity index (χ0n) is 16.2. The highest BCUT2D eigenvalue weighted by Gasteiger charge is 2.32. The van der Waals surface area contributed by atoms with Crippen molar-refractivity contribution in [2.45, 2.75) is 55.9 Å². The Morgan fingerprint density at radius 1 is 1.14 bits per heavy atom. The summed E-state index contributed by atoms with van der Waals surface area (Å²) in [6, 6.07) is 0. The van der Waals surface area contributed by atoms with Crippen LogP contribution in [0, 0.1) is 41.0 Å². The van der Waals surface area contributed by atoms with Crippen molar-refractivity contribution in [1.29, 1.82) is 0 Å². The summed E-state index contributed by atoms with van der Waals surface area (Å²) in [7, 11) is -2.37. The van der Waals surface area contributed by atoms with Crippen molar-refractivity contribution in [2.75, 3.05) is 12.4 Å². The van der Waals surface area contributed by atoms with Gasteiger partial charge < -0.3 is 9.99 Å². The molecule has 0 amide bonds. The predicted molar refractivity (Wildman–Crippen MR) is 96.7 cm³/mol. The maximum Gasteiger partial charge on any atom is 0.179 e. The first-order valence-electron chi connectivity index (χ1n) is 9.18. The maximum absolute atomic E-state index is 14.2. The minimum absolute atomic E-state index is 0.0701. The van der Waals surface area contributed by atoms with Gasteiger partial charge in [-0.3, -0.25) is 9.25 Å². The lowest BCUT2D eigenvalue weighted by Gasteiger charge is -2.36. The number of benzene rings is 1. The Kier molecular flexibility index (Phi) is 9.36. The van der Waals surface area contributed by atoms with Crippen molar-refractivity contribution in [3.63, 3.8) is 0 Å². The summed E-state index contributed by atoms with van der Waals surface area (Å²) in [6.07, 6.45) is 2.86. The number of halogens is 4. The van der Waals surface area contributed by atoms with Crippen LogP contribution in [-0.4, -0.2) is 22.7 Å². The lowest BCUT2D eigenvalue weighted by atomic mass is 9.76. The normalized spacial score (nSPS) is 23.6. The van der Waals surface area contributed by atoms with E-state index in [1.165, 1.54) is 0 Å². The van der Waals surface area contributed by atoms with Crippen molar-refractivity contribution >= 4 is 22.8 Å². The molecule has 2 unspecified atom stereocenters. The van der Waals surface area contributed by atoms with Crippen LogP contribution in [0.5, 0.6) is 0 Å². The first kappa shape index (κ1) is 24.5. The highest BCUT2D eigenvalue weighted by Crippen LogP contribution is 2.36.